The second-order valence-corrected chi connectivity index (χ2v) is 10.1. The number of nitrogens with one attached hydrogen (secondary N) is 2. The Balaban J connectivity index is 1.73. The number of aromatic nitrogens is 1. The van der Waals surface area contributed by atoms with Gasteiger partial charge < -0.3 is 15.5 Å². The molecule has 1 fully saturated rings. The van der Waals surface area contributed by atoms with Gasteiger partial charge in [-0.25, -0.2) is 0 Å². The molecule has 0 radical (unpaired) electrons. The van der Waals surface area contributed by atoms with E-state index in [0.717, 1.165) is 20.7 Å². The van der Waals surface area contributed by atoms with E-state index in [1.807, 2.05) is 50.2 Å². The lowest BCUT2D eigenvalue weighted by atomic mass is 10.0. The van der Waals surface area contributed by atoms with Crippen molar-refractivity contribution in [3.05, 3.63) is 74.1 Å². The standard InChI is InChI=1S/C22H20BrClN4OS2/c1-12(2)21(29)26-16-7-6-14(10-15(16)24)28-20(18-9-13(23)11-31-18)19(27-22(28)30)17-5-3-4-8-25-17/h3-12,19-20H,1-2H3,(H,26,29)(H,27,30)/t19-,20-/m0/s1. The topological polar surface area (TPSA) is 57.3 Å². The predicted octanol–water partition coefficient (Wildman–Crippen LogP) is 6.33. The SMILES string of the molecule is CC(C)C(=O)Nc1ccc(N2C(=S)N[C@@H](c3ccccn3)[C@@H]2c2cc(Br)cs2)cc1Cl. The van der Waals surface area contributed by atoms with Gasteiger partial charge in [-0.15, -0.1) is 11.3 Å². The number of hydrogen-bond donors (Lipinski definition) is 2. The van der Waals surface area contributed by atoms with E-state index in [1.165, 1.54) is 0 Å². The van der Waals surface area contributed by atoms with Crippen LogP contribution in [0.5, 0.6) is 0 Å². The Hall–Kier alpha value is -2.00. The smallest absolute Gasteiger partial charge is 0.226 e. The number of hydrogen-bond acceptors (Lipinski definition) is 4. The molecule has 3 aromatic rings. The third kappa shape index (κ3) is 4.62. The van der Waals surface area contributed by atoms with Gasteiger partial charge in [0.15, 0.2) is 5.11 Å². The summed E-state index contributed by atoms with van der Waals surface area (Å²) in [5.74, 6) is -0.212. The normalized spacial score (nSPS) is 18.4. The average molecular weight is 536 g/mol. The van der Waals surface area contributed by atoms with Gasteiger partial charge in [-0.3, -0.25) is 9.78 Å². The molecule has 1 amide bonds. The van der Waals surface area contributed by atoms with E-state index in [0.29, 0.717) is 15.8 Å². The van der Waals surface area contributed by atoms with Crippen LogP contribution in [-0.2, 0) is 4.79 Å². The Bertz CT molecular complexity index is 1120. The van der Waals surface area contributed by atoms with Crippen molar-refractivity contribution in [2.75, 3.05) is 10.2 Å². The summed E-state index contributed by atoms with van der Waals surface area (Å²) in [6.07, 6.45) is 1.78. The van der Waals surface area contributed by atoms with Crippen molar-refractivity contribution >= 4 is 73.5 Å². The third-order valence-corrected chi connectivity index (χ3v) is 7.38. The Morgan fingerprint density at radius 1 is 1.32 bits per heavy atom. The molecular weight excluding hydrogens is 516 g/mol. The highest BCUT2D eigenvalue weighted by molar-refractivity contribution is 9.10. The van der Waals surface area contributed by atoms with Gasteiger partial charge in [0.2, 0.25) is 5.91 Å². The molecule has 0 spiro atoms. The number of carbonyl (C=O) groups excluding carboxylic acids is 1. The molecule has 3 heterocycles. The molecule has 1 aromatic carbocycles. The number of pyridine rings is 1. The number of nitrogens with zero attached hydrogens (tertiary/aromatic N) is 2. The fourth-order valence-corrected chi connectivity index (χ4v) is 5.58. The number of carbonyl (C=O) groups is 1. The van der Waals surface area contributed by atoms with Crippen LogP contribution < -0.4 is 15.5 Å². The van der Waals surface area contributed by atoms with Gasteiger partial charge in [0, 0.05) is 32.5 Å². The van der Waals surface area contributed by atoms with Crippen LogP contribution in [0.2, 0.25) is 5.02 Å². The van der Waals surface area contributed by atoms with Gasteiger partial charge >= 0.3 is 0 Å². The summed E-state index contributed by atoms with van der Waals surface area (Å²) < 4.78 is 1.02. The summed E-state index contributed by atoms with van der Waals surface area (Å²) in [7, 11) is 0. The fraction of sp³-hybridized carbons (Fsp3) is 0.227. The molecule has 1 saturated heterocycles. The van der Waals surface area contributed by atoms with Crippen LogP contribution in [0.25, 0.3) is 0 Å². The van der Waals surface area contributed by atoms with Crippen LogP contribution in [0, 0.1) is 5.92 Å². The van der Waals surface area contributed by atoms with E-state index in [-0.39, 0.29) is 23.9 Å². The second kappa shape index (κ2) is 9.24. The number of anilines is 2. The molecule has 0 bridgehead atoms. The van der Waals surface area contributed by atoms with Crippen LogP contribution in [0.1, 0.15) is 36.5 Å². The molecular formula is C22H20BrClN4OS2. The minimum atomic E-state index is -0.133. The highest BCUT2D eigenvalue weighted by atomic mass is 79.9. The lowest BCUT2D eigenvalue weighted by Crippen LogP contribution is -2.29. The van der Waals surface area contributed by atoms with E-state index in [2.05, 4.69) is 47.9 Å². The van der Waals surface area contributed by atoms with Crippen LogP contribution in [0.3, 0.4) is 0 Å². The zero-order chi connectivity index (χ0) is 22.1. The molecule has 1 aliphatic heterocycles. The number of thiocarbonyl (C=S) groups is 1. The first-order valence-electron chi connectivity index (χ1n) is 9.70. The van der Waals surface area contributed by atoms with Gasteiger partial charge in [-0.2, -0.15) is 0 Å². The van der Waals surface area contributed by atoms with Crippen LogP contribution >= 0.6 is 51.1 Å². The minimum absolute atomic E-state index is 0.0791. The molecule has 2 atom stereocenters. The average Bonchev–Trinajstić information content (AvgIpc) is 3.32. The molecule has 0 unspecified atom stereocenters. The van der Waals surface area contributed by atoms with Crippen LogP contribution in [0.4, 0.5) is 11.4 Å². The Morgan fingerprint density at radius 3 is 2.74 bits per heavy atom. The maximum absolute atomic E-state index is 12.1. The summed E-state index contributed by atoms with van der Waals surface area (Å²) in [6.45, 7) is 3.68. The molecule has 31 heavy (non-hydrogen) atoms. The zero-order valence-corrected chi connectivity index (χ0v) is 20.8. The van der Waals surface area contributed by atoms with Crippen molar-refractivity contribution in [2.24, 2.45) is 5.92 Å². The third-order valence-electron chi connectivity index (χ3n) is 4.99. The largest absolute Gasteiger partial charge is 0.351 e. The minimum Gasteiger partial charge on any atom is -0.351 e. The molecule has 2 aromatic heterocycles. The number of thiophene rings is 1. The van der Waals surface area contributed by atoms with Gasteiger partial charge in [-0.1, -0.05) is 31.5 Å². The Labute approximate surface area is 204 Å². The Morgan fingerprint density at radius 2 is 2.13 bits per heavy atom. The van der Waals surface area contributed by atoms with Crippen LogP contribution in [0.15, 0.2) is 58.5 Å². The lowest BCUT2D eigenvalue weighted by molar-refractivity contribution is -0.118. The van der Waals surface area contributed by atoms with Gasteiger partial charge in [0.1, 0.15) is 0 Å². The molecule has 4 rings (SSSR count). The summed E-state index contributed by atoms with van der Waals surface area (Å²) in [5.41, 5.74) is 2.34. The monoisotopic (exact) mass is 534 g/mol. The highest BCUT2D eigenvalue weighted by Crippen LogP contribution is 2.45. The van der Waals surface area contributed by atoms with E-state index in [9.17, 15) is 4.79 Å². The van der Waals surface area contributed by atoms with Crippen molar-refractivity contribution < 1.29 is 4.79 Å². The lowest BCUT2D eigenvalue weighted by Gasteiger charge is -2.27. The van der Waals surface area contributed by atoms with Gasteiger partial charge in [0.05, 0.1) is 28.5 Å². The first kappa shape index (κ1) is 22.2. The van der Waals surface area contributed by atoms with Gasteiger partial charge in [-0.05, 0) is 64.5 Å². The first-order valence-corrected chi connectivity index (χ1v) is 12.2. The molecule has 9 heteroatoms. The molecule has 5 nitrogen and oxygen atoms in total. The van der Waals surface area contributed by atoms with Crippen molar-refractivity contribution in [3.8, 4) is 0 Å². The van der Waals surface area contributed by atoms with Gasteiger partial charge in [0.25, 0.3) is 0 Å². The summed E-state index contributed by atoms with van der Waals surface area (Å²) in [4.78, 5) is 19.8. The van der Waals surface area contributed by atoms with E-state index in [1.54, 1.807) is 17.5 Å². The molecule has 160 valence electrons. The summed E-state index contributed by atoms with van der Waals surface area (Å²) >= 11 is 17.5. The quantitative estimate of drug-likeness (QED) is 0.374. The maximum atomic E-state index is 12.1. The molecule has 0 saturated carbocycles. The highest BCUT2D eigenvalue weighted by Gasteiger charge is 2.41. The number of rotatable bonds is 5. The molecule has 1 aliphatic rings. The van der Waals surface area contributed by atoms with E-state index in [4.69, 9.17) is 23.8 Å². The molecule has 2 N–H and O–H groups in total. The summed E-state index contributed by atoms with van der Waals surface area (Å²) in [5, 5.41) is 9.41. The Kier molecular flexibility index (Phi) is 6.62. The zero-order valence-electron chi connectivity index (χ0n) is 16.8. The second-order valence-electron chi connectivity index (χ2n) is 7.47. The van der Waals surface area contributed by atoms with Crippen molar-refractivity contribution in [2.45, 2.75) is 25.9 Å². The van der Waals surface area contributed by atoms with Crippen molar-refractivity contribution in [1.82, 2.24) is 10.3 Å². The first-order chi connectivity index (χ1) is 14.8. The van der Waals surface area contributed by atoms with Crippen molar-refractivity contribution in [1.29, 1.82) is 0 Å². The predicted molar refractivity (Wildman–Crippen MR) is 135 cm³/mol. The van der Waals surface area contributed by atoms with Crippen molar-refractivity contribution in [3.63, 3.8) is 0 Å². The number of amides is 1. The summed E-state index contributed by atoms with van der Waals surface area (Å²) in [6, 6.07) is 13.3. The van der Waals surface area contributed by atoms with E-state index < -0.39 is 0 Å². The van der Waals surface area contributed by atoms with E-state index >= 15 is 0 Å². The van der Waals surface area contributed by atoms with Crippen LogP contribution in [-0.4, -0.2) is 16.0 Å². The maximum Gasteiger partial charge on any atom is 0.226 e. The number of halogens is 2. The molecule has 0 aliphatic carbocycles. The fourth-order valence-electron chi connectivity index (χ4n) is 3.44. The number of benzene rings is 1.